The highest BCUT2D eigenvalue weighted by Gasteiger charge is 2.10. The summed E-state index contributed by atoms with van der Waals surface area (Å²) in [5.74, 6) is -0.510. The van der Waals surface area contributed by atoms with E-state index in [0.717, 1.165) is 0 Å². The molecule has 76 valence electrons. The molecular weight excluding hydrogens is 194 g/mol. The van der Waals surface area contributed by atoms with Crippen LogP contribution < -0.4 is 4.74 Å². The first kappa shape index (κ1) is 9.45. The second-order valence-corrected chi connectivity index (χ2v) is 3.03. The molecule has 1 N–H and O–H groups in total. The molecule has 0 aliphatic heterocycles. The Bertz CT molecular complexity index is 522. The van der Waals surface area contributed by atoms with Gasteiger partial charge in [-0.3, -0.25) is 0 Å². The lowest BCUT2D eigenvalue weighted by Crippen LogP contribution is -1.98. The summed E-state index contributed by atoms with van der Waals surface area (Å²) in [7, 11) is 1.51. The van der Waals surface area contributed by atoms with E-state index in [9.17, 15) is 4.79 Å². The maximum atomic E-state index is 11.0. The Labute approximate surface area is 86.1 Å². The van der Waals surface area contributed by atoms with Gasteiger partial charge in [0.15, 0.2) is 0 Å². The summed E-state index contributed by atoms with van der Waals surface area (Å²) < 4.78 is 5.06. The fraction of sp³-hybridized carbons (Fsp3) is 0.0909. The van der Waals surface area contributed by atoms with Crippen molar-refractivity contribution in [1.82, 2.24) is 4.98 Å². The molecule has 0 amide bonds. The first-order chi connectivity index (χ1) is 7.24. The zero-order valence-electron chi connectivity index (χ0n) is 8.10. The molecule has 0 saturated carbocycles. The summed E-state index contributed by atoms with van der Waals surface area (Å²) in [6.07, 6.45) is 1.54. The molecule has 0 bridgehead atoms. The van der Waals surface area contributed by atoms with Crippen molar-refractivity contribution in [3.63, 3.8) is 0 Å². The van der Waals surface area contributed by atoms with E-state index in [2.05, 4.69) is 4.98 Å². The summed E-state index contributed by atoms with van der Waals surface area (Å²) in [6, 6.07) is 6.69. The lowest BCUT2D eigenvalue weighted by atomic mass is 10.1. The summed E-state index contributed by atoms with van der Waals surface area (Å²) >= 11 is 0. The Morgan fingerprint density at radius 1 is 1.33 bits per heavy atom. The third kappa shape index (κ3) is 1.50. The fourth-order valence-corrected chi connectivity index (χ4v) is 1.53. The molecule has 15 heavy (non-hydrogen) atoms. The van der Waals surface area contributed by atoms with Crippen LogP contribution in [0.1, 0.15) is 10.4 Å². The minimum atomic E-state index is -0.950. The molecule has 0 saturated heterocycles. The summed E-state index contributed by atoms with van der Waals surface area (Å²) in [4.78, 5) is 15.0. The molecule has 0 unspecified atom stereocenters. The zero-order valence-corrected chi connectivity index (χ0v) is 8.10. The molecule has 1 heterocycles. The van der Waals surface area contributed by atoms with Gasteiger partial charge in [-0.15, -0.1) is 0 Å². The molecule has 1 aromatic carbocycles. The first-order valence-electron chi connectivity index (χ1n) is 4.39. The van der Waals surface area contributed by atoms with Crippen LogP contribution in [0.25, 0.3) is 10.8 Å². The van der Waals surface area contributed by atoms with E-state index in [1.807, 2.05) is 0 Å². The van der Waals surface area contributed by atoms with E-state index >= 15 is 0 Å². The van der Waals surface area contributed by atoms with E-state index in [1.165, 1.54) is 13.3 Å². The van der Waals surface area contributed by atoms with Crippen molar-refractivity contribution in [1.29, 1.82) is 0 Å². The van der Waals surface area contributed by atoms with Crippen LogP contribution in [-0.4, -0.2) is 23.2 Å². The van der Waals surface area contributed by atoms with Crippen molar-refractivity contribution < 1.29 is 14.6 Å². The van der Waals surface area contributed by atoms with Gasteiger partial charge in [0.05, 0.1) is 12.7 Å². The van der Waals surface area contributed by atoms with Gasteiger partial charge in [0.2, 0.25) is 5.88 Å². The average Bonchev–Trinajstić information content (AvgIpc) is 2.27. The zero-order chi connectivity index (χ0) is 10.8. The lowest BCUT2D eigenvalue weighted by Gasteiger charge is -2.05. The normalized spacial score (nSPS) is 10.2. The summed E-state index contributed by atoms with van der Waals surface area (Å²) in [5.41, 5.74) is 0.258. The van der Waals surface area contributed by atoms with Gasteiger partial charge in [-0.2, -0.15) is 0 Å². The van der Waals surface area contributed by atoms with Crippen LogP contribution in [0.3, 0.4) is 0 Å². The van der Waals surface area contributed by atoms with Gasteiger partial charge in [0.1, 0.15) is 0 Å². The third-order valence-corrected chi connectivity index (χ3v) is 2.19. The predicted octanol–water partition coefficient (Wildman–Crippen LogP) is 1.94. The smallest absolute Gasteiger partial charge is 0.336 e. The number of carboxylic acids is 1. The number of carboxylic acid groups (broad SMARTS) is 1. The van der Waals surface area contributed by atoms with Crippen LogP contribution in [0.15, 0.2) is 30.5 Å². The Hall–Kier alpha value is -2.10. The molecule has 4 nitrogen and oxygen atoms in total. The van der Waals surface area contributed by atoms with Crippen LogP contribution in [-0.2, 0) is 0 Å². The monoisotopic (exact) mass is 203 g/mol. The van der Waals surface area contributed by atoms with Crippen LogP contribution in [0, 0.1) is 0 Å². The number of pyridine rings is 1. The molecular formula is C11H9NO3. The molecule has 2 rings (SSSR count). The van der Waals surface area contributed by atoms with E-state index in [4.69, 9.17) is 9.84 Å². The minimum Gasteiger partial charge on any atom is -0.481 e. The maximum Gasteiger partial charge on any atom is 0.336 e. The highest BCUT2D eigenvalue weighted by molar-refractivity contribution is 6.04. The molecule has 1 aromatic heterocycles. The van der Waals surface area contributed by atoms with E-state index in [-0.39, 0.29) is 5.56 Å². The standard InChI is InChI=1S/C11H9NO3/c1-15-10-8-3-2-4-9(11(13)14)7(8)5-6-12-10/h2-6H,1H3,(H,13,14). The predicted molar refractivity (Wildman–Crippen MR) is 55.3 cm³/mol. The number of carbonyl (C=O) groups is 1. The third-order valence-electron chi connectivity index (χ3n) is 2.19. The Morgan fingerprint density at radius 3 is 2.80 bits per heavy atom. The van der Waals surface area contributed by atoms with Crippen LogP contribution >= 0.6 is 0 Å². The maximum absolute atomic E-state index is 11.0. The van der Waals surface area contributed by atoms with Crippen LogP contribution in [0.5, 0.6) is 5.88 Å². The van der Waals surface area contributed by atoms with Gasteiger partial charge in [0.25, 0.3) is 0 Å². The number of ether oxygens (including phenoxy) is 1. The Kier molecular flexibility index (Phi) is 2.25. The Morgan fingerprint density at radius 2 is 2.13 bits per heavy atom. The van der Waals surface area contributed by atoms with Gasteiger partial charge >= 0.3 is 5.97 Å². The molecule has 4 heteroatoms. The highest BCUT2D eigenvalue weighted by atomic mass is 16.5. The van der Waals surface area contributed by atoms with Crippen molar-refractivity contribution in [2.24, 2.45) is 0 Å². The van der Waals surface area contributed by atoms with Crippen molar-refractivity contribution in [2.45, 2.75) is 0 Å². The first-order valence-corrected chi connectivity index (χ1v) is 4.39. The van der Waals surface area contributed by atoms with E-state index in [0.29, 0.717) is 16.7 Å². The fourth-order valence-electron chi connectivity index (χ4n) is 1.53. The van der Waals surface area contributed by atoms with Crippen molar-refractivity contribution >= 4 is 16.7 Å². The number of hydrogen-bond donors (Lipinski definition) is 1. The quantitative estimate of drug-likeness (QED) is 0.810. The van der Waals surface area contributed by atoms with Gasteiger partial charge in [-0.25, -0.2) is 9.78 Å². The number of fused-ring (bicyclic) bond motifs is 1. The molecule has 0 radical (unpaired) electrons. The largest absolute Gasteiger partial charge is 0.481 e. The molecule has 0 atom stereocenters. The SMILES string of the molecule is COc1nccc2c(C(=O)O)cccc12. The Balaban J connectivity index is 2.82. The topological polar surface area (TPSA) is 59.4 Å². The number of rotatable bonds is 2. The van der Waals surface area contributed by atoms with E-state index < -0.39 is 5.97 Å². The highest BCUT2D eigenvalue weighted by Crippen LogP contribution is 2.25. The van der Waals surface area contributed by atoms with Gasteiger partial charge in [0, 0.05) is 17.0 Å². The number of nitrogens with zero attached hydrogens (tertiary/aromatic N) is 1. The minimum absolute atomic E-state index is 0.258. The molecule has 0 aliphatic rings. The van der Waals surface area contributed by atoms with E-state index in [1.54, 1.807) is 24.3 Å². The number of methoxy groups -OCH3 is 1. The molecule has 0 spiro atoms. The number of hydrogen-bond acceptors (Lipinski definition) is 3. The van der Waals surface area contributed by atoms with Crippen molar-refractivity contribution in [2.75, 3.05) is 7.11 Å². The number of benzene rings is 1. The second-order valence-electron chi connectivity index (χ2n) is 3.03. The van der Waals surface area contributed by atoms with Crippen LogP contribution in [0.4, 0.5) is 0 Å². The van der Waals surface area contributed by atoms with Crippen LogP contribution in [0.2, 0.25) is 0 Å². The van der Waals surface area contributed by atoms with Gasteiger partial charge in [-0.05, 0) is 18.2 Å². The summed E-state index contributed by atoms with van der Waals surface area (Å²) in [6.45, 7) is 0. The lowest BCUT2D eigenvalue weighted by molar-refractivity contribution is 0.0699. The number of aromatic nitrogens is 1. The van der Waals surface area contributed by atoms with Gasteiger partial charge < -0.3 is 9.84 Å². The van der Waals surface area contributed by atoms with Gasteiger partial charge in [-0.1, -0.05) is 6.07 Å². The van der Waals surface area contributed by atoms with Crippen molar-refractivity contribution in [3.05, 3.63) is 36.0 Å². The molecule has 0 aliphatic carbocycles. The van der Waals surface area contributed by atoms with Crippen molar-refractivity contribution in [3.8, 4) is 5.88 Å². The second kappa shape index (κ2) is 3.57. The summed E-state index contributed by atoms with van der Waals surface area (Å²) in [5, 5.41) is 10.3. The molecule has 0 fully saturated rings. The molecule has 2 aromatic rings. The number of aromatic carboxylic acids is 1. The average molecular weight is 203 g/mol.